The second kappa shape index (κ2) is 5.40. The predicted octanol–water partition coefficient (Wildman–Crippen LogP) is 3.67. The molecule has 2 nitrogen and oxygen atoms in total. The molecule has 2 fully saturated rings. The van der Waals surface area contributed by atoms with Crippen LogP contribution >= 0.6 is 0 Å². The zero-order valence-electron chi connectivity index (χ0n) is 12.9. The Morgan fingerprint density at radius 1 is 1.15 bits per heavy atom. The van der Waals surface area contributed by atoms with Crippen molar-refractivity contribution in [2.24, 2.45) is 11.8 Å². The van der Waals surface area contributed by atoms with E-state index in [1.54, 1.807) is 0 Å². The molecule has 1 aliphatic carbocycles. The molecule has 2 aliphatic rings. The van der Waals surface area contributed by atoms with Gasteiger partial charge >= 0.3 is 0 Å². The normalized spacial score (nSPS) is 23.1. The van der Waals surface area contributed by atoms with E-state index in [1.165, 1.54) is 50.9 Å². The van der Waals surface area contributed by atoms with Crippen LogP contribution in [0.15, 0.2) is 24.3 Å². The maximum atomic E-state index is 5.81. The zero-order chi connectivity index (χ0) is 14.2. The Labute approximate surface area is 123 Å². The molecule has 0 atom stereocenters. The number of hydrogen-bond donors (Lipinski definition) is 1. The van der Waals surface area contributed by atoms with Crippen LogP contribution in [0, 0.1) is 11.8 Å². The molecular weight excluding hydrogens is 244 g/mol. The molecule has 2 N–H and O–H groups in total. The van der Waals surface area contributed by atoms with E-state index in [0.29, 0.717) is 5.41 Å². The molecule has 1 aromatic rings. The van der Waals surface area contributed by atoms with Gasteiger partial charge in [-0.25, -0.2) is 0 Å². The van der Waals surface area contributed by atoms with Crippen molar-refractivity contribution in [3.05, 3.63) is 29.8 Å². The molecule has 3 rings (SSSR count). The average Bonchev–Trinajstić information content (AvgIpc) is 3.21. The van der Waals surface area contributed by atoms with Gasteiger partial charge in [0.2, 0.25) is 0 Å². The van der Waals surface area contributed by atoms with Gasteiger partial charge in [0.15, 0.2) is 0 Å². The van der Waals surface area contributed by atoms with Gasteiger partial charge < -0.3 is 10.6 Å². The maximum absolute atomic E-state index is 5.81. The van der Waals surface area contributed by atoms with E-state index in [-0.39, 0.29) is 0 Å². The average molecular weight is 272 g/mol. The largest absolute Gasteiger partial charge is 0.399 e. The van der Waals surface area contributed by atoms with Gasteiger partial charge in [0.25, 0.3) is 0 Å². The highest BCUT2D eigenvalue weighted by Crippen LogP contribution is 2.49. The first kappa shape index (κ1) is 13.9. The molecular formula is C18H28N2. The van der Waals surface area contributed by atoms with Crippen LogP contribution in [-0.4, -0.2) is 24.5 Å². The number of anilines is 1. The Hall–Kier alpha value is -1.02. The third kappa shape index (κ3) is 2.85. The summed E-state index contributed by atoms with van der Waals surface area (Å²) in [6, 6.07) is 8.59. The zero-order valence-corrected chi connectivity index (χ0v) is 12.9. The summed E-state index contributed by atoms with van der Waals surface area (Å²) >= 11 is 0. The Balaban J connectivity index is 1.60. The van der Waals surface area contributed by atoms with Crippen molar-refractivity contribution in [2.75, 3.05) is 25.4 Å². The summed E-state index contributed by atoms with van der Waals surface area (Å²) in [5.74, 6) is 1.79. The van der Waals surface area contributed by atoms with Crippen molar-refractivity contribution in [1.82, 2.24) is 4.90 Å². The molecule has 2 heteroatoms. The second-order valence-corrected chi connectivity index (χ2v) is 7.26. The van der Waals surface area contributed by atoms with Gasteiger partial charge in [-0.3, -0.25) is 0 Å². The lowest BCUT2D eigenvalue weighted by atomic mass is 9.86. The van der Waals surface area contributed by atoms with E-state index >= 15 is 0 Å². The SMILES string of the molecule is CC(C)C1CCN(CC2(c3ccc(N)cc3)CC2)CC1. The Bertz CT molecular complexity index is 437. The molecule has 1 aromatic carbocycles. The van der Waals surface area contributed by atoms with Crippen molar-refractivity contribution in [3.8, 4) is 0 Å². The van der Waals surface area contributed by atoms with Crippen LogP contribution in [-0.2, 0) is 5.41 Å². The monoisotopic (exact) mass is 272 g/mol. The van der Waals surface area contributed by atoms with Crippen LogP contribution in [0.2, 0.25) is 0 Å². The van der Waals surface area contributed by atoms with Crippen molar-refractivity contribution >= 4 is 5.69 Å². The van der Waals surface area contributed by atoms with Crippen molar-refractivity contribution in [1.29, 1.82) is 0 Å². The minimum Gasteiger partial charge on any atom is -0.399 e. The molecule has 1 saturated heterocycles. The molecule has 1 aliphatic heterocycles. The van der Waals surface area contributed by atoms with E-state index in [1.807, 2.05) is 0 Å². The number of nitrogens with two attached hydrogens (primary N) is 1. The lowest BCUT2D eigenvalue weighted by molar-refractivity contribution is 0.147. The molecule has 0 amide bonds. The first-order chi connectivity index (χ1) is 9.59. The van der Waals surface area contributed by atoms with Crippen molar-refractivity contribution in [2.45, 2.75) is 44.9 Å². The molecule has 1 saturated carbocycles. The third-order valence-corrected chi connectivity index (χ3v) is 5.48. The van der Waals surface area contributed by atoms with Crippen LogP contribution in [0.1, 0.15) is 45.1 Å². The predicted molar refractivity (Wildman–Crippen MR) is 85.8 cm³/mol. The Morgan fingerprint density at radius 2 is 1.75 bits per heavy atom. The Kier molecular flexibility index (Phi) is 3.76. The van der Waals surface area contributed by atoms with Gasteiger partial charge in [-0.2, -0.15) is 0 Å². The summed E-state index contributed by atoms with van der Waals surface area (Å²) in [5, 5.41) is 0. The van der Waals surface area contributed by atoms with Gasteiger partial charge in [-0.15, -0.1) is 0 Å². The first-order valence-electron chi connectivity index (χ1n) is 8.17. The van der Waals surface area contributed by atoms with E-state index in [4.69, 9.17) is 5.73 Å². The quantitative estimate of drug-likeness (QED) is 0.847. The van der Waals surface area contributed by atoms with Crippen LogP contribution in [0.4, 0.5) is 5.69 Å². The standard InChI is InChI=1S/C18H28N2/c1-14(2)15-7-11-20(12-8-15)13-18(9-10-18)16-3-5-17(19)6-4-16/h3-6,14-15H,7-13,19H2,1-2H3. The number of nitrogens with zero attached hydrogens (tertiary/aromatic N) is 1. The van der Waals surface area contributed by atoms with Crippen LogP contribution < -0.4 is 5.73 Å². The molecule has 0 aromatic heterocycles. The fourth-order valence-electron chi connectivity index (χ4n) is 3.73. The number of benzene rings is 1. The summed E-state index contributed by atoms with van der Waals surface area (Å²) in [4.78, 5) is 2.70. The van der Waals surface area contributed by atoms with Crippen LogP contribution in [0.25, 0.3) is 0 Å². The highest BCUT2D eigenvalue weighted by molar-refractivity contribution is 5.43. The topological polar surface area (TPSA) is 29.3 Å². The van der Waals surface area contributed by atoms with Gasteiger partial charge in [0, 0.05) is 17.6 Å². The summed E-state index contributed by atoms with van der Waals surface area (Å²) in [6.07, 6.45) is 5.47. The summed E-state index contributed by atoms with van der Waals surface area (Å²) in [7, 11) is 0. The lowest BCUT2D eigenvalue weighted by Gasteiger charge is -2.36. The number of piperidine rings is 1. The van der Waals surface area contributed by atoms with Gasteiger partial charge in [0.05, 0.1) is 0 Å². The summed E-state index contributed by atoms with van der Waals surface area (Å²) in [5.41, 5.74) is 8.63. The van der Waals surface area contributed by atoms with E-state index < -0.39 is 0 Å². The van der Waals surface area contributed by atoms with E-state index in [0.717, 1.165) is 17.5 Å². The fraction of sp³-hybridized carbons (Fsp3) is 0.667. The second-order valence-electron chi connectivity index (χ2n) is 7.26. The summed E-state index contributed by atoms with van der Waals surface area (Å²) in [6.45, 7) is 8.58. The smallest absolute Gasteiger partial charge is 0.0314 e. The van der Waals surface area contributed by atoms with Crippen LogP contribution in [0.3, 0.4) is 0 Å². The van der Waals surface area contributed by atoms with E-state index in [9.17, 15) is 0 Å². The molecule has 0 unspecified atom stereocenters. The van der Waals surface area contributed by atoms with Gasteiger partial charge in [-0.1, -0.05) is 26.0 Å². The number of likely N-dealkylation sites (tertiary alicyclic amines) is 1. The van der Waals surface area contributed by atoms with Crippen molar-refractivity contribution < 1.29 is 0 Å². The van der Waals surface area contributed by atoms with Crippen LogP contribution in [0.5, 0.6) is 0 Å². The molecule has 0 bridgehead atoms. The highest BCUT2D eigenvalue weighted by Gasteiger charge is 2.45. The fourth-order valence-corrected chi connectivity index (χ4v) is 3.73. The lowest BCUT2D eigenvalue weighted by Crippen LogP contribution is -2.39. The minimum absolute atomic E-state index is 0.443. The molecule has 110 valence electrons. The Morgan fingerprint density at radius 3 is 2.25 bits per heavy atom. The number of nitrogen functional groups attached to an aromatic ring is 1. The minimum atomic E-state index is 0.443. The third-order valence-electron chi connectivity index (χ3n) is 5.48. The summed E-state index contributed by atoms with van der Waals surface area (Å²) < 4.78 is 0. The molecule has 0 radical (unpaired) electrons. The first-order valence-corrected chi connectivity index (χ1v) is 8.17. The van der Waals surface area contributed by atoms with Gasteiger partial charge in [0.1, 0.15) is 0 Å². The number of hydrogen-bond acceptors (Lipinski definition) is 2. The maximum Gasteiger partial charge on any atom is 0.0314 e. The van der Waals surface area contributed by atoms with Gasteiger partial charge in [-0.05, 0) is 68.3 Å². The number of rotatable bonds is 4. The molecule has 20 heavy (non-hydrogen) atoms. The van der Waals surface area contributed by atoms with Crippen molar-refractivity contribution in [3.63, 3.8) is 0 Å². The molecule has 0 spiro atoms. The highest BCUT2D eigenvalue weighted by atomic mass is 15.1. The molecule has 1 heterocycles. The van der Waals surface area contributed by atoms with E-state index in [2.05, 4.69) is 43.0 Å².